The minimum atomic E-state index is -1.24. The fourth-order valence-corrected chi connectivity index (χ4v) is 2.75. The molecular formula is C20H16NO4-. The Balaban J connectivity index is 1.74. The van der Waals surface area contributed by atoms with Crippen molar-refractivity contribution in [1.29, 1.82) is 0 Å². The number of ketones is 1. The van der Waals surface area contributed by atoms with E-state index in [0.29, 0.717) is 24.1 Å². The van der Waals surface area contributed by atoms with Gasteiger partial charge in [-0.3, -0.25) is 9.59 Å². The number of benzene rings is 2. The molecule has 0 N–H and O–H groups in total. The lowest BCUT2D eigenvalue weighted by Gasteiger charge is -2.16. The number of carboxylic acid groups (broad SMARTS) is 1. The molecule has 0 aromatic heterocycles. The minimum Gasteiger partial charge on any atom is -0.545 e. The Bertz CT molecular complexity index is 852. The molecule has 5 heteroatoms. The molecule has 0 spiro atoms. The Labute approximate surface area is 145 Å². The van der Waals surface area contributed by atoms with E-state index >= 15 is 0 Å². The van der Waals surface area contributed by atoms with Crippen LogP contribution in [-0.2, 0) is 4.79 Å². The van der Waals surface area contributed by atoms with Crippen LogP contribution in [0, 0.1) is 0 Å². The van der Waals surface area contributed by atoms with Crippen LogP contribution in [0.5, 0.6) is 0 Å². The van der Waals surface area contributed by atoms with Crippen molar-refractivity contribution in [3.63, 3.8) is 0 Å². The molecule has 3 rings (SSSR count). The molecule has 0 aliphatic carbocycles. The molecule has 0 saturated carbocycles. The number of carbonyl (C=O) groups is 3. The van der Waals surface area contributed by atoms with Gasteiger partial charge in [-0.1, -0.05) is 42.5 Å². The van der Waals surface area contributed by atoms with Gasteiger partial charge in [0, 0.05) is 24.2 Å². The zero-order valence-electron chi connectivity index (χ0n) is 13.5. The summed E-state index contributed by atoms with van der Waals surface area (Å²) in [7, 11) is 0. The molecule has 0 bridgehead atoms. The van der Waals surface area contributed by atoms with E-state index in [1.807, 2.05) is 6.07 Å². The number of carboxylic acids is 1. The summed E-state index contributed by atoms with van der Waals surface area (Å²) in [6.07, 6.45) is 4.42. The molecule has 1 saturated heterocycles. The quantitative estimate of drug-likeness (QED) is 0.619. The maximum Gasteiger partial charge on any atom is 0.227 e. The first kappa shape index (κ1) is 16.6. The van der Waals surface area contributed by atoms with Crippen LogP contribution in [0.3, 0.4) is 0 Å². The number of anilines is 1. The van der Waals surface area contributed by atoms with Gasteiger partial charge in [0.2, 0.25) is 5.91 Å². The molecule has 0 atom stereocenters. The van der Waals surface area contributed by atoms with Crippen LogP contribution < -0.4 is 10.0 Å². The number of aromatic carboxylic acids is 1. The summed E-state index contributed by atoms with van der Waals surface area (Å²) in [5.74, 6) is -1.34. The molecule has 1 fully saturated rings. The van der Waals surface area contributed by atoms with Crippen LogP contribution >= 0.6 is 0 Å². The number of nitrogens with zero attached hydrogens (tertiary/aromatic N) is 1. The average molecular weight is 334 g/mol. The first-order chi connectivity index (χ1) is 12.0. The van der Waals surface area contributed by atoms with Gasteiger partial charge < -0.3 is 14.8 Å². The minimum absolute atomic E-state index is 0.0770. The van der Waals surface area contributed by atoms with Gasteiger partial charge in [0.25, 0.3) is 0 Å². The third-order valence-electron chi connectivity index (χ3n) is 4.09. The Morgan fingerprint density at radius 1 is 1.04 bits per heavy atom. The van der Waals surface area contributed by atoms with E-state index in [2.05, 4.69) is 0 Å². The van der Waals surface area contributed by atoms with E-state index in [9.17, 15) is 19.5 Å². The highest BCUT2D eigenvalue weighted by molar-refractivity contribution is 6.08. The third kappa shape index (κ3) is 3.83. The fraction of sp³-hybridized carbons (Fsp3) is 0.150. The van der Waals surface area contributed by atoms with Crippen LogP contribution in [0.2, 0.25) is 0 Å². The van der Waals surface area contributed by atoms with Gasteiger partial charge in [-0.25, -0.2) is 0 Å². The van der Waals surface area contributed by atoms with Crippen molar-refractivity contribution >= 4 is 29.4 Å². The summed E-state index contributed by atoms with van der Waals surface area (Å²) in [4.78, 5) is 36.6. The molecule has 1 aliphatic heterocycles. The highest BCUT2D eigenvalue weighted by atomic mass is 16.4. The normalized spacial score (nSPS) is 14.2. The van der Waals surface area contributed by atoms with Gasteiger partial charge in [-0.15, -0.1) is 0 Å². The summed E-state index contributed by atoms with van der Waals surface area (Å²) in [5.41, 5.74) is 2.04. The van der Waals surface area contributed by atoms with E-state index in [0.717, 1.165) is 12.1 Å². The predicted molar refractivity (Wildman–Crippen MR) is 92.2 cm³/mol. The molecule has 1 heterocycles. The molecule has 126 valence electrons. The largest absolute Gasteiger partial charge is 0.545 e. The SMILES string of the molecule is O=C([O-])c1ccc(/C=C/C(=O)c2cccc(N3CCCC3=O)c2)cc1. The number of hydrogen-bond donors (Lipinski definition) is 0. The number of amides is 1. The summed E-state index contributed by atoms with van der Waals surface area (Å²) < 4.78 is 0. The zero-order chi connectivity index (χ0) is 17.8. The van der Waals surface area contributed by atoms with Crippen LogP contribution in [0.4, 0.5) is 5.69 Å². The van der Waals surface area contributed by atoms with Crippen molar-refractivity contribution in [3.8, 4) is 0 Å². The predicted octanol–water partition coefficient (Wildman–Crippen LogP) is 2.07. The van der Waals surface area contributed by atoms with Crippen molar-refractivity contribution in [1.82, 2.24) is 0 Å². The second kappa shape index (κ2) is 7.13. The highest BCUT2D eigenvalue weighted by Gasteiger charge is 2.21. The standard InChI is InChI=1S/C20H17NO4/c22-18(11-8-14-6-9-15(10-7-14)20(24)25)16-3-1-4-17(13-16)21-12-2-5-19(21)23/h1,3-4,6-11,13H,2,5,12H2,(H,24,25)/p-1/b11-8+. The molecular weight excluding hydrogens is 318 g/mol. The maximum atomic E-state index is 12.3. The molecule has 25 heavy (non-hydrogen) atoms. The van der Waals surface area contributed by atoms with Crippen LogP contribution in [-0.4, -0.2) is 24.2 Å². The number of hydrogen-bond acceptors (Lipinski definition) is 4. The van der Waals surface area contributed by atoms with Gasteiger partial charge in [-0.05, 0) is 35.8 Å². The molecule has 5 nitrogen and oxygen atoms in total. The van der Waals surface area contributed by atoms with E-state index in [4.69, 9.17) is 0 Å². The fourth-order valence-electron chi connectivity index (χ4n) is 2.75. The number of allylic oxidation sites excluding steroid dienone is 1. The van der Waals surface area contributed by atoms with Crippen LogP contribution in [0.1, 0.15) is 39.1 Å². The smallest absolute Gasteiger partial charge is 0.227 e. The molecule has 1 aliphatic rings. The molecule has 0 radical (unpaired) electrons. The van der Waals surface area contributed by atoms with E-state index in [1.54, 1.807) is 41.3 Å². The first-order valence-corrected chi connectivity index (χ1v) is 7.99. The van der Waals surface area contributed by atoms with Gasteiger partial charge >= 0.3 is 0 Å². The number of carbonyl (C=O) groups excluding carboxylic acids is 3. The second-order valence-corrected chi connectivity index (χ2v) is 5.81. The lowest BCUT2D eigenvalue weighted by molar-refractivity contribution is -0.255. The van der Waals surface area contributed by atoms with Crippen LogP contribution in [0.15, 0.2) is 54.6 Å². The maximum absolute atomic E-state index is 12.3. The van der Waals surface area contributed by atoms with Gasteiger partial charge in [0.15, 0.2) is 5.78 Å². The van der Waals surface area contributed by atoms with Gasteiger partial charge in [0.05, 0.1) is 5.97 Å². The lowest BCUT2D eigenvalue weighted by Crippen LogP contribution is -2.23. The van der Waals surface area contributed by atoms with Gasteiger partial charge in [0.1, 0.15) is 0 Å². The molecule has 0 unspecified atom stereocenters. The second-order valence-electron chi connectivity index (χ2n) is 5.81. The van der Waals surface area contributed by atoms with E-state index < -0.39 is 5.97 Å². The average Bonchev–Trinajstić information content (AvgIpc) is 3.06. The Kier molecular flexibility index (Phi) is 4.75. The van der Waals surface area contributed by atoms with Crippen molar-refractivity contribution in [2.75, 3.05) is 11.4 Å². The van der Waals surface area contributed by atoms with E-state index in [-0.39, 0.29) is 17.3 Å². The Morgan fingerprint density at radius 2 is 1.80 bits per heavy atom. The summed E-state index contributed by atoms with van der Waals surface area (Å²) in [5, 5.41) is 10.7. The van der Waals surface area contributed by atoms with Crippen molar-refractivity contribution in [2.45, 2.75) is 12.8 Å². The molecule has 2 aromatic rings. The Hall–Kier alpha value is -3.21. The van der Waals surface area contributed by atoms with Gasteiger partial charge in [-0.2, -0.15) is 0 Å². The highest BCUT2D eigenvalue weighted by Crippen LogP contribution is 2.22. The van der Waals surface area contributed by atoms with Crippen molar-refractivity contribution in [3.05, 3.63) is 71.3 Å². The molecule has 2 aromatic carbocycles. The monoisotopic (exact) mass is 334 g/mol. The topological polar surface area (TPSA) is 77.5 Å². The Morgan fingerprint density at radius 3 is 2.44 bits per heavy atom. The zero-order valence-corrected chi connectivity index (χ0v) is 13.5. The van der Waals surface area contributed by atoms with Crippen molar-refractivity contribution in [2.24, 2.45) is 0 Å². The first-order valence-electron chi connectivity index (χ1n) is 7.99. The third-order valence-corrected chi connectivity index (χ3v) is 4.09. The molecule has 1 amide bonds. The van der Waals surface area contributed by atoms with Crippen molar-refractivity contribution < 1.29 is 19.5 Å². The summed E-state index contributed by atoms with van der Waals surface area (Å²) >= 11 is 0. The van der Waals surface area contributed by atoms with E-state index in [1.165, 1.54) is 18.2 Å². The number of rotatable bonds is 5. The summed E-state index contributed by atoms with van der Waals surface area (Å²) in [6.45, 7) is 0.678. The van der Waals surface area contributed by atoms with Crippen LogP contribution in [0.25, 0.3) is 6.08 Å². The lowest BCUT2D eigenvalue weighted by atomic mass is 10.1. The summed E-state index contributed by atoms with van der Waals surface area (Å²) in [6, 6.07) is 13.1.